The maximum Gasteiger partial charge on any atom is 0.321 e. The summed E-state index contributed by atoms with van der Waals surface area (Å²) in [6, 6.07) is -0.655. The molecule has 2 rings (SSSR count). The van der Waals surface area contributed by atoms with Crippen LogP contribution in [0.3, 0.4) is 0 Å². The van der Waals surface area contributed by atoms with Crippen molar-refractivity contribution in [2.24, 2.45) is 0 Å². The van der Waals surface area contributed by atoms with Gasteiger partial charge < -0.3 is 10.1 Å². The summed E-state index contributed by atoms with van der Waals surface area (Å²) in [4.78, 5) is 45.6. The normalized spacial score (nSPS) is 11.9. The molecule has 27 heavy (non-hydrogen) atoms. The molecular weight excluding hydrogens is 388 g/mol. The summed E-state index contributed by atoms with van der Waals surface area (Å²) in [5.41, 5.74) is 1.10. The summed E-state index contributed by atoms with van der Waals surface area (Å²) in [7, 11) is 0. The highest BCUT2D eigenvalue weighted by atomic mass is 32.2. The number of aryl methyl sites for hydroxylation is 2. The fourth-order valence-corrected chi connectivity index (χ4v) is 4.01. The van der Waals surface area contributed by atoms with Crippen LogP contribution in [0.4, 0.5) is 4.79 Å². The van der Waals surface area contributed by atoms with E-state index in [1.54, 1.807) is 11.3 Å². The summed E-state index contributed by atoms with van der Waals surface area (Å²) in [6.07, 6.45) is 2.21. The molecule has 2 aromatic heterocycles. The van der Waals surface area contributed by atoms with Crippen LogP contribution in [-0.4, -0.2) is 46.3 Å². The molecule has 1 atom stereocenters. The van der Waals surface area contributed by atoms with Crippen molar-refractivity contribution in [3.05, 3.63) is 16.8 Å². The highest BCUT2D eigenvalue weighted by molar-refractivity contribution is 8.00. The molecule has 0 saturated heterocycles. The van der Waals surface area contributed by atoms with E-state index in [9.17, 15) is 14.4 Å². The van der Waals surface area contributed by atoms with Gasteiger partial charge in [-0.2, -0.15) is 0 Å². The number of esters is 1. The smallest absolute Gasteiger partial charge is 0.321 e. The number of nitrogens with one attached hydrogen (secondary N) is 2. The second-order valence-electron chi connectivity index (χ2n) is 5.92. The number of imide groups is 1. The van der Waals surface area contributed by atoms with Crippen LogP contribution in [0, 0.1) is 13.8 Å². The fraction of sp³-hybridized carbons (Fsp3) is 0.471. The highest BCUT2D eigenvalue weighted by Crippen LogP contribution is 2.34. The van der Waals surface area contributed by atoms with Crippen molar-refractivity contribution in [3.63, 3.8) is 0 Å². The molecule has 0 aliphatic rings. The third kappa shape index (κ3) is 5.90. The van der Waals surface area contributed by atoms with Crippen LogP contribution in [0.1, 0.15) is 30.7 Å². The van der Waals surface area contributed by atoms with Crippen LogP contribution >= 0.6 is 23.1 Å². The first kappa shape index (κ1) is 21.1. The van der Waals surface area contributed by atoms with E-state index in [0.717, 1.165) is 27.1 Å². The zero-order valence-electron chi connectivity index (χ0n) is 15.6. The second-order valence-corrected chi connectivity index (χ2v) is 8.09. The lowest BCUT2D eigenvalue weighted by molar-refractivity contribution is -0.145. The zero-order valence-corrected chi connectivity index (χ0v) is 17.3. The SMILES string of the molecule is CC[C@H](C)NC(=O)NC(=O)COC(=O)CSc1ncnc2sc(C)c(C)c12. The predicted molar refractivity (Wildman–Crippen MR) is 105 cm³/mol. The molecule has 146 valence electrons. The molecule has 8 nitrogen and oxygen atoms in total. The van der Waals surface area contributed by atoms with E-state index in [-0.39, 0.29) is 11.8 Å². The molecule has 0 bridgehead atoms. The number of hydrogen-bond donors (Lipinski definition) is 2. The number of ether oxygens (including phenoxy) is 1. The first-order valence-corrected chi connectivity index (χ1v) is 10.2. The van der Waals surface area contributed by atoms with Crippen molar-refractivity contribution >= 4 is 51.2 Å². The number of urea groups is 1. The van der Waals surface area contributed by atoms with Crippen molar-refractivity contribution in [3.8, 4) is 0 Å². The van der Waals surface area contributed by atoms with Gasteiger partial charge >= 0.3 is 12.0 Å². The monoisotopic (exact) mass is 410 g/mol. The Hall–Kier alpha value is -2.20. The quantitative estimate of drug-likeness (QED) is 0.410. The lowest BCUT2D eigenvalue weighted by atomic mass is 10.2. The molecule has 2 N–H and O–H groups in total. The van der Waals surface area contributed by atoms with E-state index >= 15 is 0 Å². The number of carbonyl (C=O) groups excluding carboxylic acids is 3. The summed E-state index contributed by atoms with van der Waals surface area (Å²) >= 11 is 2.81. The van der Waals surface area contributed by atoms with Gasteiger partial charge in [-0.3, -0.25) is 14.9 Å². The molecule has 0 aromatic carbocycles. The minimum Gasteiger partial charge on any atom is -0.455 e. The van der Waals surface area contributed by atoms with Gasteiger partial charge in [-0.15, -0.1) is 11.3 Å². The van der Waals surface area contributed by atoms with Gasteiger partial charge in [0, 0.05) is 16.3 Å². The van der Waals surface area contributed by atoms with Gasteiger partial charge in [0.1, 0.15) is 16.2 Å². The van der Waals surface area contributed by atoms with Gasteiger partial charge in [0.15, 0.2) is 6.61 Å². The molecule has 2 aromatic rings. The number of aromatic nitrogens is 2. The Labute approximate surface area is 165 Å². The molecule has 0 spiro atoms. The lowest BCUT2D eigenvalue weighted by Gasteiger charge is -2.11. The van der Waals surface area contributed by atoms with Gasteiger partial charge in [-0.1, -0.05) is 18.7 Å². The molecule has 0 fully saturated rings. The Morgan fingerprint density at radius 3 is 2.74 bits per heavy atom. The average molecular weight is 411 g/mol. The molecule has 10 heteroatoms. The Kier molecular flexibility index (Phi) is 7.55. The number of rotatable bonds is 7. The molecular formula is C17H22N4O4S2. The maximum absolute atomic E-state index is 11.9. The number of carbonyl (C=O) groups is 3. The summed E-state index contributed by atoms with van der Waals surface area (Å²) in [5.74, 6) is -1.23. The number of thioether (sulfide) groups is 1. The van der Waals surface area contributed by atoms with E-state index in [2.05, 4.69) is 20.6 Å². The van der Waals surface area contributed by atoms with Crippen molar-refractivity contribution in [1.29, 1.82) is 0 Å². The summed E-state index contributed by atoms with van der Waals surface area (Å²) in [6.45, 7) is 7.23. The van der Waals surface area contributed by atoms with E-state index < -0.39 is 24.5 Å². The first-order valence-electron chi connectivity index (χ1n) is 8.41. The van der Waals surface area contributed by atoms with E-state index in [0.29, 0.717) is 5.03 Å². The minimum absolute atomic E-state index is 0.00674. The molecule has 0 saturated carbocycles. The fourth-order valence-electron chi connectivity index (χ4n) is 2.10. The van der Waals surface area contributed by atoms with E-state index in [1.165, 1.54) is 18.1 Å². The van der Waals surface area contributed by atoms with Gasteiger partial charge in [0.2, 0.25) is 0 Å². The Balaban J connectivity index is 1.82. The van der Waals surface area contributed by atoms with Gasteiger partial charge in [0.05, 0.1) is 5.75 Å². The largest absolute Gasteiger partial charge is 0.455 e. The minimum atomic E-state index is -0.678. The van der Waals surface area contributed by atoms with Gasteiger partial charge in [-0.25, -0.2) is 14.8 Å². The molecule has 0 unspecified atom stereocenters. The van der Waals surface area contributed by atoms with Crippen LogP contribution in [-0.2, 0) is 14.3 Å². The van der Waals surface area contributed by atoms with Crippen molar-refractivity contribution in [1.82, 2.24) is 20.6 Å². The highest BCUT2D eigenvalue weighted by Gasteiger charge is 2.15. The molecule has 2 heterocycles. The Morgan fingerprint density at radius 2 is 2.04 bits per heavy atom. The van der Waals surface area contributed by atoms with Crippen molar-refractivity contribution in [2.75, 3.05) is 12.4 Å². The second kappa shape index (κ2) is 9.65. The van der Waals surface area contributed by atoms with E-state index in [4.69, 9.17) is 4.74 Å². The van der Waals surface area contributed by atoms with Crippen LogP contribution in [0.25, 0.3) is 10.2 Å². The number of nitrogens with zero attached hydrogens (tertiary/aromatic N) is 2. The van der Waals surface area contributed by atoms with Crippen molar-refractivity contribution < 1.29 is 19.1 Å². The average Bonchev–Trinajstić information content (AvgIpc) is 2.92. The topological polar surface area (TPSA) is 110 Å². The first-order chi connectivity index (χ1) is 12.8. The zero-order chi connectivity index (χ0) is 20.0. The van der Waals surface area contributed by atoms with Crippen LogP contribution < -0.4 is 10.6 Å². The van der Waals surface area contributed by atoms with Gasteiger partial charge in [-0.05, 0) is 32.8 Å². The molecule has 0 radical (unpaired) electrons. The number of amides is 3. The molecule has 0 aliphatic heterocycles. The molecule has 0 aliphatic carbocycles. The van der Waals surface area contributed by atoms with Crippen LogP contribution in [0.5, 0.6) is 0 Å². The van der Waals surface area contributed by atoms with E-state index in [1.807, 2.05) is 27.7 Å². The van der Waals surface area contributed by atoms with Crippen LogP contribution in [0.2, 0.25) is 0 Å². The summed E-state index contributed by atoms with van der Waals surface area (Å²) in [5, 5.41) is 6.35. The molecule has 3 amide bonds. The van der Waals surface area contributed by atoms with Crippen LogP contribution in [0.15, 0.2) is 11.4 Å². The lowest BCUT2D eigenvalue weighted by Crippen LogP contribution is -2.44. The maximum atomic E-state index is 11.9. The van der Waals surface area contributed by atoms with Crippen molar-refractivity contribution in [2.45, 2.75) is 45.2 Å². The Bertz CT molecular complexity index is 853. The Morgan fingerprint density at radius 1 is 1.30 bits per heavy atom. The third-order valence-corrected chi connectivity index (χ3v) is 5.94. The number of hydrogen-bond acceptors (Lipinski definition) is 8. The standard InChI is InChI=1S/C17H22N4O4S2/c1-5-9(2)20-17(24)21-12(22)6-25-13(23)7-26-15-14-10(3)11(4)27-16(14)19-8-18-15/h8-9H,5-7H2,1-4H3,(H2,20,21,22,24)/t9-/m0/s1. The summed E-state index contributed by atoms with van der Waals surface area (Å²) < 4.78 is 4.91. The third-order valence-electron chi connectivity index (χ3n) is 3.86. The number of fused-ring (bicyclic) bond motifs is 1. The predicted octanol–water partition coefficient (Wildman–Crippen LogP) is 2.57. The van der Waals surface area contributed by atoms with Gasteiger partial charge in [0.25, 0.3) is 5.91 Å². The number of thiophene rings is 1.